The van der Waals surface area contributed by atoms with Gasteiger partial charge in [0, 0.05) is 6.08 Å². The summed E-state index contributed by atoms with van der Waals surface area (Å²) < 4.78 is 5.08. The average molecular weight is 232 g/mol. The van der Waals surface area contributed by atoms with E-state index in [2.05, 4.69) is 0 Å². The molecule has 1 aromatic carbocycles. The Balaban J connectivity index is 2.89. The Labute approximate surface area is 101 Å². The molecule has 0 atom stereocenters. The number of benzene rings is 1. The molecule has 90 valence electrons. The molecular formula is C14H16O3. The normalized spacial score (nSPS) is 11.8. The molecule has 0 heterocycles. The van der Waals surface area contributed by atoms with E-state index in [1.165, 1.54) is 0 Å². The van der Waals surface area contributed by atoms with Gasteiger partial charge in [-0.25, -0.2) is 4.79 Å². The van der Waals surface area contributed by atoms with E-state index in [9.17, 15) is 4.79 Å². The molecule has 0 saturated heterocycles. The van der Waals surface area contributed by atoms with E-state index in [4.69, 9.17) is 9.84 Å². The van der Waals surface area contributed by atoms with Gasteiger partial charge in [0.15, 0.2) is 0 Å². The van der Waals surface area contributed by atoms with Crippen molar-refractivity contribution in [3.05, 3.63) is 48.1 Å². The molecule has 0 saturated carbocycles. The molecule has 0 unspecified atom stereocenters. The quantitative estimate of drug-likeness (QED) is 0.626. The van der Waals surface area contributed by atoms with Crippen molar-refractivity contribution in [2.45, 2.75) is 13.3 Å². The number of ether oxygens (including phenoxy) is 1. The molecule has 0 radical (unpaired) electrons. The summed E-state index contributed by atoms with van der Waals surface area (Å²) in [7, 11) is 1.63. The number of hydrogen-bond acceptors (Lipinski definition) is 2. The molecule has 0 aliphatic rings. The third-order valence-electron chi connectivity index (χ3n) is 2.38. The molecule has 0 aliphatic heterocycles. The van der Waals surface area contributed by atoms with Crippen LogP contribution in [0.2, 0.25) is 0 Å². The lowest BCUT2D eigenvalue weighted by Gasteiger charge is -2.05. The Morgan fingerprint density at radius 2 is 2.00 bits per heavy atom. The minimum atomic E-state index is -0.938. The van der Waals surface area contributed by atoms with E-state index in [1.807, 2.05) is 37.3 Å². The van der Waals surface area contributed by atoms with Crippen LogP contribution in [0, 0.1) is 0 Å². The molecule has 1 aromatic rings. The fraction of sp³-hybridized carbons (Fsp3) is 0.214. The van der Waals surface area contributed by atoms with Gasteiger partial charge in [-0.1, -0.05) is 31.2 Å². The average Bonchev–Trinajstić information content (AvgIpc) is 2.34. The minimum Gasteiger partial charge on any atom is -0.497 e. The predicted molar refractivity (Wildman–Crippen MR) is 68.0 cm³/mol. The summed E-state index contributed by atoms with van der Waals surface area (Å²) in [5.74, 6) is -0.128. The Bertz CT molecular complexity index is 427. The second kappa shape index (κ2) is 6.53. The number of hydrogen-bond donors (Lipinski definition) is 1. The molecule has 0 aliphatic carbocycles. The monoisotopic (exact) mass is 232 g/mol. The first-order valence-corrected chi connectivity index (χ1v) is 5.42. The lowest BCUT2D eigenvalue weighted by molar-refractivity contribution is -0.131. The smallest absolute Gasteiger partial charge is 0.328 e. The zero-order valence-electron chi connectivity index (χ0n) is 10.0. The predicted octanol–water partition coefficient (Wildman–Crippen LogP) is 3.13. The largest absolute Gasteiger partial charge is 0.497 e. The zero-order chi connectivity index (χ0) is 12.7. The molecule has 0 bridgehead atoms. The number of carboxylic acid groups (broad SMARTS) is 1. The van der Waals surface area contributed by atoms with Crippen molar-refractivity contribution in [1.82, 2.24) is 0 Å². The van der Waals surface area contributed by atoms with Crippen molar-refractivity contribution in [3.8, 4) is 5.75 Å². The maximum Gasteiger partial charge on any atom is 0.328 e. The van der Waals surface area contributed by atoms with Gasteiger partial charge >= 0.3 is 5.97 Å². The van der Waals surface area contributed by atoms with Gasteiger partial charge in [0.2, 0.25) is 0 Å². The van der Waals surface area contributed by atoms with Gasteiger partial charge in [-0.05, 0) is 29.7 Å². The van der Waals surface area contributed by atoms with Crippen LogP contribution >= 0.6 is 0 Å². The van der Waals surface area contributed by atoms with Crippen LogP contribution in [0.3, 0.4) is 0 Å². The van der Waals surface area contributed by atoms with Gasteiger partial charge in [-0.3, -0.25) is 0 Å². The number of carbonyl (C=O) groups is 1. The second-order valence-corrected chi connectivity index (χ2v) is 3.47. The van der Waals surface area contributed by atoms with Crippen molar-refractivity contribution in [2.24, 2.45) is 0 Å². The van der Waals surface area contributed by atoms with E-state index in [0.29, 0.717) is 0 Å². The first-order chi connectivity index (χ1) is 8.17. The third-order valence-corrected chi connectivity index (χ3v) is 2.38. The summed E-state index contributed by atoms with van der Waals surface area (Å²) in [6, 6.07) is 7.70. The number of rotatable bonds is 5. The van der Waals surface area contributed by atoms with Gasteiger partial charge in [0.05, 0.1) is 7.11 Å². The lowest BCUT2D eigenvalue weighted by Crippen LogP contribution is -1.87. The molecule has 0 fully saturated rings. The van der Waals surface area contributed by atoms with Crippen molar-refractivity contribution >= 4 is 11.5 Å². The summed E-state index contributed by atoms with van der Waals surface area (Å²) in [5.41, 5.74) is 2.16. The number of carboxylic acids is 1. The molecule has 3 nitrogen and oxygen atoms in total. The highest BCUT2D eigenvalue weighted by Crippen LogP contribution is 2.21. The Morgan fingerprint density at radius 1 is 1.35 bits per heavy atom. The van der Waals surface area contributed by atoms with E-state index in [0.717, 1.165) is 29.4 Å². The maximum absolute atomic E-state index is 10.4. The van der Waals surface area contributed by atoms with E-state index in [-0.39, 0.29) is 0 Å². The molecule has 1 rings (SSSR count). The van der Waals surface area contributed by atoms with Crippen LogP contribution in [0.25, 0.3) is 5.57 Å². The highest BCUT2D eigenvalue weighted by atomic mass is 16.5. The van der Waals surface area contributed by atoms with Crippen LogP contribution in [0.1, 0.15) is 18.9 Å². The fourth-order valence-electron chi connectivity index (χ4n) is 1.47. The van der Waals surface area contributed by atoms with Crippen LogP contribution in [0.4, 0.5) is 0 Å². The standard InChI is InChI=1S/C14H16O3/c1-3-11(5-4-6-14(15)16)12-7-9-13(17-2)10-8-12/h4-10H,3H2,1-2H3,(H,15,16). The lowest BCUT2D eigenvalue weighted by atomic mass is 10.0. The first kappa shape index (κ1) is 13.0. The maximum atomic E-state index is 10.4. The molecule has 0 spiro atoms. The van der Waals surface area contributed by atoms with Crippen LogP contribution in [0.5, 0.6) is 5.75 Å². The van der Waals surface area contributed by atoms with Gasteiger partial charge in [0.1, 0.15) is 5.75 Å². The fourth-order valence-corrected chi connectivity index (χ4v) is 1.47. The summed E-state index contributed by atoms with van der Waals surface area (Å²) in [5, 5.41) is 8.51. The molecule has 1 N–H and O–H groups in total. The number of aliphatic carboxylic acids is 1. The number of allylic oxidation sites excluding steroid dienone is 3. The van der Waals surface area contributed by atoms with Gasteiger partial charge < -0.3 is 9.84 Å². The molecule has 3 heteroatoms. The van der Waals surface area contributed by atoms with Crippen LogP contribution in [0.15, 0.2) is 42.5 Å². The molecular weight excluding hydrogens is 216 g/mol. The Kier molecular flexibility index (Phi) is 5.01. The van der Waals surface area contributed by atoms with Crippen LogP contribution < -0.4 is 4.74 Å². The zero-order valence-corrected chi connectivity index (χ0v) is 10.0. The Hall–Kier alpha value is -2.03. The first-order valence-electron chi connectivity index (χ1n) is 5.42. The number of methoxy groups -OCH3 is 1. The Morgan fingerprint density at radius 3 is 2.47 bits per heavy atom. The highest BCUT2D eigenvalue weighted by molar-refractivity contribution is 5.80. The van der Waals surface area contributed by atoms with E-state index in [1.54, 1.807) is 13.2 Å². The van der Waals surface area contributed by atoms with Crippen molar-refractivity contribution in [2.75, 3.05) is 7.11 Å². The SMILES string of the molecule is CCC(=CC=CC(=O)O)c1ccc(OC)cc1. The third kappa shape index (κ3) is 4.15. The van der Waals surface area contributed by atoms with Gasteiger partial charge in [-0.2, -0.15) is 0 Å². The van der Waals surface area contributed by atoms with Crippen LogP contribution in [-0.4, -0.2) is 18.2 Å². The highest BCUT2D eigenvalue weighted by Gasteiger charge is 1.98. The summed E-state index contributed by atoms with van der Waals surface area (Å²) in [6.45, 7) is 2.03. The van der Waals surface area contributed by atoms with Crippen molar-refractivity contribution in [3.63, 3.8) is 0 Å². The topological polar surface area (TPSA) is 46.5 Å². The summed E-state index contributed by atoms with van der Waals surface area (Å²) in [4.78, 5) is 10.4. The van der Waals surface area contributed by atoms with E-state index < -0.39 is 5.97 Å². The van der Waals surface area contributed by atoms with Gasteiger partial charge in [-0.15, -0.1) is 0 Å². The van der Waals surface area contributed by atoms with Crippen LogP contribution in [-0.2, 0) is 4.79 Å². The molecule has 17 heavy (non-hydrogen) atoms. The molecule has 0 amide bonds. The summed E-state index contributed by atoms with van der Waals surface area (Å²) >= 11 is 0. The van der Waals surface area contributed by atoms with E-state index >= 15 is 0 Å². The van der Waals surface area contributed by atoms with Gasteiger partial charge in [0.25, 0.3) is 0 Å². The summed E-state index contributed by atoms with van der Waals surface area (Å²) in [6.07, 6.45) is 5.33. The minimum absolute atomic E-state index is 0.810. The van der Waals surface area contributed by atoms with Crippen molar-refractivity contribution < 1.29 is 14.6 Å². The molecule has 0 aromatic heterocycles. The van der Waals surface area contributed by atoms with Crippen molar-refractivity contribution in [1.29, 1.82) is 0 Å². The second-order valence-electron chi connectivity index (χ2n) is 3.47.